The molecular formula is C26H28N4O3S. The van der Waals surface area contributed by atoms with Gasteiger partial charge in [0.2, 0.25) is 0 Å². The van der Waals surface area contributed by atoms with Gasteiger partial charge in [-0.1, -0.05) is 48.5 Å². The average Bonchev–Trinajstić information content (AvgIpc) is 2.88. The van der Waals surface area contributed by atoms with Crippen molar-refractivity contribution >= 4 is 27.3 Å². The Morgan fingerprint density at radius 1 is 0.912 bits per heavy atom. The van der Waals surface area contributed by atoms with Crippen molar-refractivity contribution in [1.29, 1.82) is 0 Å². The Morgan fingerprint density at radius 3 is 2.12 bits per heavy atom. The number of carbonyl (C=O) groups is 1. The highest BCUT2D eigenvalue weighted by molar-refractivity contribution is 7.92. The van der Waals surface area contributed by atoms with Gasteiger partial charge in [-0.25, -0.2) is 13.8 Å². The molecule has 1 N–H and O–H groups in total. The molecule has 1 aliphatic heterocycles. The maximum Gasteiger partial charge on any atom is 0.271 e. The Hall–Kier alpha value is -3.49. The van der Waals surface area contributed by atoms with Gasteiger partial charge in [0.1, 0.15) is 0 Å². The van der Waals surface area contributed by atoms with Crippen LogP contribution >= 0.6 is 0 Å². The van der Waals surface area contributed by atoms with Gasteiger partial charge in [0.25, 0.3) is 15.9 Å². The van der Waals surface area contributed by atoms with Gasteiger partial charge in [0, 0.05) is 37.2 Å². The van der Waals surface area contributed by atoms with Crippen LogP contribution in [0.4, 0.5) is 5.69 Å². The number of nitrogens with zero attached hydrogens (tertiary/aromatic N) is 3. The van der Waals surface area contributed by atoms with Crippen LogP contribution in [0.1, 0.15) is 28.8 Å². The standard InChI is InChI=1S/C26H28N4O3S/c1-29-18-16-23(17-19-29)27-28-26(31)22-14-12-21(13-15-22)20-30(24-8-4-2-5-9-24)34(32,33)25-10-6-3-7-11-25/h2-15H,16-20H2,1H3,(H,28,31). The molecule has 0 unspecified atom stereocenters. The second-order valence-electron chi connectivity index (χ2n) is 8.28. The molecule has 1 heterocycles. The lowest BCUT2D eigenvalue weighted by molar-refractivity contribution is 0.0954. The Labute approximate surface area is 200 Å². The molecule has 0 atom stereocenters. The first-order chi connectivity index (χ1) is 16.4. The van der Waals surface area contributed by atoms with Crippen molar-refractivity contribution in [2.75, 3.05) is 24.4 Å². The molecule has 34 heavy (non-hydrogen) atoms. The van der Waals surface area contributed by atoms with E-state index in [1.165, 1.54) is 4.31 Å². The fraction of sp³-hybridized carbons (Fsp3) is 0.231. The smallest absolute Gasteiger partial charge is 0.271 e. The number of carbonyl (C=O) groups excluding carboxylic acids is 1. The second kappa shape index (κ2) is 10.6. The quantitative estimate of drug-likeness (QED) is 0.525. The number of amides is 1. The zero-order valence-corrected chi connectivity index (χ0v) is 19.9. The van der Waals surface area contributed by atoms with E-state index >= 15 is 0 Å². The summed E-state index contributed by atoms with van der Waals surface area (Å²) in [6.07, 6.45) is 1.70. The number of likely N-dealkylation sites (tertiary alicyclic amines) is 1. The van der Waals surface area contributed by atoms with Gasteiger partial charge in [0.05, 0.1) is 17.1 Å². The molecule has 3 aromatic carbocycles. The van der Waals surface area contributed by atoms with Gasteiger partial charge in [-0.3, -0.25) is 9.10 Å². The summed E-state index contributed by atoms with van der Waals surface area (Å²) in [5.41, 5.74) is 5.44. The molecule has 0 aromatic heterocycles. The van der Waals surface area contributed by atoms with Crippen LogP contribution in [-0.4, -0.2) is 45.1 Å². The van der Waals surface area contributed by atoms with Crippen molar-refractivity contribution in [3.8, 4) is 0 Å². The van der Waals surface area contributed by atoms with Crippen molar-refractivity contribution in [1.82, 2.24) is 10.3 Å². The monoisotopic (exact) mass is 476 g/mol. The molecule has 176 valence electrons. The molecule has 1 saturated heterocycles. The van der Waals surface area contributed by atoms with Crippen molar-refractivity contribution in [2.45, 2.75) is 24.3 Å². The lowest BCUT2D eigenvalue weighted by Crippen LogP contribution is -2.32. The normalized spacial score (nSPS) is 14.4. The minimum absolute atomic E-state index is 0.138. The van der Waals surface area contributed by atoms with Crippen LogP contribution in [0.3, 0.4) is 0 Å². The van der Waals surface area contributed by atoms with E-state index < -0.39 is 10.0 Å². The van der Waals surface area contributed by atoms with Crippen LogP contribution in [0.25, 0.3) is 0 Å². The van der Waals surface area contributed by atoms with Gasteiger partial charge < -0.3 is 4.90 Å². The predicted molar refractivity (Wildman–Crippen MR) is 134 cm³/mol. The van der Waals surface area contributed by atoms with Gasteiger partial charge in [-0.2, -0.15) is 5.10 Å². The number of hydrogen-bond acceptors (Lipinski definition) is 5. The van der Waals surface area contributed by atoms with Crippen molar-refractivity contribution in [3.05, 3.63) is 96.1 Å². The van der Waals surface area contributed by atoms with Crippen LogP contribution in [0.15, 0.2) is 94.9 Å². The van der Waals surface area contributed by atoms with Crippen molar-refractivity contribution < 1.29 is 13.2 Å². The van der Waals surface area contributed by atoms with Gasteiger partial charge in [-0.15, -0.1) is 0 Å². The molecule has 3 aromatic rings. The molecule has 1 fully saturated rings. The highest BCUT2D eigenvalue weighted by atomic mass is 32.2. The molecule has 0 bridgehead atoms. The maximum absolute atomic E-state index is 13.4. The lowest BCUT2D eigenvalue weighted by Gasteiger charge is -2.25. The molecule has 1 amide bonds. The van der Waals surface area contributed by atoms with E-state index in [9.17, 15) is 13.2 Å². The molecule has 8 heteroatoms. The third-order valence-electron chi connectivity index (χ3n) is 5.80. The van der Waals surface area contributed by atoms with Gasteiger partial charge >= 0.3 is 0 Å². The van der Waals surface area contributed by atoms with E-state index in [-0.39, 0.29) is 17.3 Å². The predicted octanol–water partition coefficient (Wildman–Crippen LogP) is 3.89. The molecule has 1 aliphatic rings. The maximum atomic E-state index is 13.4. The Balaban J connectivity index is 1.50. The highest BCUT2D eigenvalue weighted by Crippen LogP contribution is 2.25. The summed E-state index contributed by atoms with van der Waals surface area (Å²) < 4.78 is 28.2. The van der Waals surface area contributed by atoms with E-state index in [2.05, 4.69) is 22.5 Å². The Morgan fingerprint density at radius 2 is 1.50 bits per heavy atom. The van der Waals surface area contributed by atoms with Crippen molar-refractivity contribution in [2.24, 2.45) is 5.10 Å². The number of sulfonamides is 1. The van der Waals surface area contributed by atoms with E-state index in [1.54, 1.807) is 66.7 Å². The van der Waals surface area contributed by atoms with E-state index in [0.717, 1.165) is 37.2 Å². The van der Waals surface area contributed by atoms with E-state index in [1.807, 2.05) is 18.2 Å². The zero-order chi connectivity index (χ0) is 24.0. The fourth-order valence-corrected chi connectivity index (χ4v) is 5.21. The molecule has 0 radical (unpaired) electrons. The van der Waals surface area contributed by atoms with E-state index in [0.29, 0.717) is 11.3 Å². The lowest BCUT2D eigenvalue weighted by atomic mass is 10.1. The number of hydrazone groups is 1. The Kier molecular flexibility index (Phi) is 7.40. The third-order valence-corrected chi connectivity index (χ3v) is 7.59. The first kappa shape index (κ1) is 23.7. The molecule has 0 aliphatic carbocycles. The van der Waals surface area contributed by atoms with E-state index in [4.69, 9.17) is 0 Å². The molecule has 0 saturated carbocycles. The van der Waals surface area contributed by atoms with Gasteiger partial charge in [-0.05, 0) is 49.0 Å². The SMILES string of the molecule is CN1CCC(=NNC(=O)c2ccc(CN(c3ccccc3)S(=O)(=O)c3ccccc3)cc2)CC1. The fourth-order valence-electron chi connectivity index (χ4n) is 3.74. The minimum Gasteiger partial charge on any atom is -0.306 e. The molecule has 7 nitrogen and oxygen atoms in total. The van der Waals surface area contributed by atoms with Crippen LogP contribution in [-0.2, 0) is 16.6 Å². The summed E-state index contributed by atoms with van der Waals surface area (Å²) in [7, 11) is -1.70. The van der Waals surface area contributed by atoms with Crippen LogP contribution in [0, 0.1) is 0 Å². The summed E-state index contributed by atoms with van der Waals surface area (Å²) in [6, 6.07) is 24.3. The largest absolute Gasteiger partial charge is 0.306 e. The zero-order valence-electron chi connectivity index (χ0n) is 19.1. The topological polar surface area (TPSA) is 82.1 Å². The number of piperidine rings is 1. The molecule has 0 spiro atoms. The summed E-state index contributed by atoms with van der Waals surface area (Å²) in [6.45, 7) is 2.01. The first-order valence-corrected chi connectivity index (χ1v) is 12.6. The number of para-hydroxylation sites is 1. The first-order valence-electron chi connectivity index (χ1n) is 11.2. The summed E-state index contributed by atoms with van der Waals surface area (Å²) >= 11 is 0. The van der Waals surface area contributed by atoms with Crippen LogP contribution in [0.5, 0.6) is 0 Å². The summed E-state index contributed by atoms with van der Waals surface area (Å²) in [5, 5.41) is 4.27. The second-order valence-corrected chi connectivity index (χ2v) is 10.1. The minimum atomic E-state index is -3.77. The summed E-state index contributed by atoms with van der Waals surface area (Å²) in [5.74, 6) is -0.283. The Bertz CT molecular complexity index is 1230. The number of benzene rings is 3. The average molecular weight is 477 g/mol. The summed E-state index contributed by atoms with van der Waals surface area (Å²) in [4.78, 5) is 15.0. The van der Waals surface area contributed by atoms with Gasteiger partial charge in [0.15, 0.2) is 0 Å². The highest BCUT2D eigenvalue weighted by Gasteiger charge is 2.25. The van der Waals surface area contributed by atoms with Crippen LogP contribution in [0.2, 0.25) is 0 Å². The third kappa shape index (κ3) is 5.70. The number of rotatable bonds is 7. The number of nitrogens with one attached hydrogen (secondary N) is 1. The number of hydrogen-bond donors (Lipinski definition) is 1. The molecule has 4 rings (SSSR count). The van der Waals surface area contributed by atoms with Crippen molar-refractivity contribution in [3.63, 3.8) is 0 Å². The number of anilines is 1. The molecular weight excluding hydrogens is 448 g/mol. The van der Waals surface area contributed by atoms with Crippen LogP contribution < -0.4 is 9.73 Å².